The molecule has 0 aromatic heterocycles. The predicted octanol–water partition coefficient (Wildman–Crippen LogP) is 1.89. The third-order valence-electron chi connectivity index (χ3n) is 5.86. The van der Waals surface area contributed by atoms with Crippen LogP contribution in [0.25, 0.3) is 0 Å². The maximum Gasteiger partial charge on any atom is 0.258 e. The third kappa shape index (κ3) is 2.20. The van der Waals surface area contributed by atoms with E-state index in [0.29, 0.717) is 43.2 Å². The number of rotatable bonds is 3. The lowest BCUT2D eigenvalue weighted by Crippen LogP contribution is -2.51. The Morgan fingerprint density at radius 3 is 2.84 bits per heavy atom. The Kier molecular flexibility index (Phi) is 3.76. The number of likely N-dealkylation sites (tertiary alicyclic amines) is 1. The number of ether oxygens (including phenoxy) is 2. The maximum atomic E-state index is 13.1. The van der Waals surface area contributed by atoms with Crippen LogP contribution in [0.4, 0.5) is 0 Å². The molecule has 6 heteroatoms. The molecule has 25 heavy (non-hydrogen) atoms. The third-order valence-corrected chi connectivity index (χ3v) is 5.86. The van der Waals surface area contributed by atoms with Gasteiger partial charge in [0.15, 0.2) is 5.72 Å². The molecule has 134 valence electrons. The van der Waals surface area contributed by atoms with E-state index in [1.54, 1.807) is 24.1 Å². The lowest BCUT2D eigenvalue weighted by Gasteiger charge is -2.34. The van der Waals surface area contributed by atoms with Crippen LogP contribution in [0.2, 0.25) is 0 Å². The number of hydrogen-bond acceptors (Lipinski definition) is 4. The van der Waals surface area contributed by atoms with Crippen LogP contribution in [0.15, 0.2) is 24.3 Å². The Morgan fingerprint density at radius 2 is 2.12 bits per heavy atom. The number of carbonyl (C=O) groups is 2. The van der Waals surface area contributed by atoms with E-state index in [1.807, 2.05) is 17.0 Å². The molecule has 0 aliphatic carbocycles. The fourth-order valence-corrected chi connectivity index (χ4v) is 4.59. The molecule has 3 heterocycles. The van der Waals surface area contributed by atoms with Gasteiger partial charge in [-0.1, -0.05) is 26.0 Å². The average Bonchev–Trinajstić information content (AvgIpc) is 3.23. The van der Waals surface area contributed by atoms with Crippen molar-refractivity contribution in [3.05, 3.63) is 29.8 Å². The molecule has 0 unspecified atom stereocenters. The van der Waals surface area contributed by atoms with Crippen LogP contribution in [0, 0.1) is 5.92 Å². The summed E-state index contributed by atoms with van der Waals surface area (Å²) in [5.41, 5.74) is -0.102. The molecule has 0 N–H and O–H groups in total. The molecule has 6 nitrogen and oxygen atoms in total. The van der Waals surface area contributed by atoms with Crippen molar-refractivity contribution in [1.29, 1.82) is 0 Å². The SMILES string of the molecule is COc1ccccc1C(=O)N1CC[C@@]23OC[C@@H](C(C)C)N2C(=O)C[C@@H]13. The smallest absolute Gasteiger partial charge is 0.258 e. The van der Waals surface area contributed by atoms with Crippen molar-refractivity contribution in [3.63, 3.8) is 0 Å². The number of benzene rings is 1. The van der Waals surface area contributed by atoms with Gasteiger partial charge >= 0.3 is 0 Å². The van der Waals surface area contributed by atoms with Crippen molar-refractivity contribution in [1.82, 2.24) is 9.80 Å². The summed E-state index contributed by atoms with van der Waals surface area (Å²) >= 11 is 0. The Bertz CT molecular complexity index is 719. The molecule has 3 fully saturated rings. The van der Waals surface area contributed by atoms with Crippen molar-refractivity contribution in [2.75, 3.05) is 20.3 Å². The molecule has 4 rings (SSSR count). The molecule has 1 aromatic rings. The molecule has 0 radical (unpaired) electrons. The zero-order valence-corrected chi connectivity index (χ0v) is 14.9. The first-order chi connectivity index (χ1) is 12.0. The van der Waals surface area contributed by atoms with E-state index >= 15 is 0 Å². The van der Waals surface area contributed by atoms with Gasteiger partial charge in [0.05, 0.1) is 37.8 Å². The van der Waals surface area contributed by atoms with Crippen LogP contribution in [-0.2, 0) is 9.53 Å². The fraction of sp³-hybridized carbons (Fsp3) is 0.579. The van der Waals surface area contributed by atoms with Crippen LogP contribution in [-0.4, -0.2) is 59.7 Å². The van der Waals surface area contributed by atoms with Gasteiger partial charge in [-0.2, -0.15) is 0 Å². The quantitative estimate of drug-likeness (QED) is 0.840. The number of para-hydroxylation sites is 1. The molecule has 0 saturated carbocycles. The van der Waals surface area contributed by atoms with Gasteiger partial charge in [0.2, 0.25) is 5.91 Å². The van der Waals surface area contributed by atoms with Crippen molar-refractivity contribution >= 4 is 11.8 Å². The van der Waals surface area contributed by atoms with E-state index < -0.39 is 5.72 Å². The molecule has 1 spiro atoms. The zero-order chi connectivity index (χ0) is 17.8. The zero-order valence-electron chi connectivity index (χ0n) is 14.9. The fourth-order valence-electron chi connectivity index (χ4n) is 4.59. The van der Waals surface area contributed by atoms with Crippen molar-refractivity contribution in [2.45, 2.75) is 44.5 Å². The Labute approximate surface area is 147 Å². The highest BCUT2D eigenvalue weighted by atomic mass is 16.5. The molecule has 2 amide bonds. The summed E-state index contributed by atoms with van der Waals surface area (Å²) in [6, 6.07) is 7.10. The molecule has 3 aliphatic heterocycles. The number of nitrogens with zero attached hydrogens (tertiary/aromatic N) is 2. The number of hydrogen-bond donors (Lipinski definition) is 0. The summed E-state index contributed by atoms with van der Waals surface area (Å²) in [4.78, 5) is 29.6. The van der Waals surface area contributed by atoms with Crippen molar-refractivity contribution in [2.24, 2.45) is 5.92 Å². The molecular weight excluding hydrogens is 320 g/mol. The summed E-state index contributed by atoms with van der Waals surface area (Å²) in [6.07, 6.45) is 1.01. The van der Waals surface area contributed by atoms with E-state index in [4.69, 9.17) is 9.47 Å². The summed E-state index contributed by atoms with van der Waals surface area (Å²) in [5, 5.41) is 0. The lowest BCUT2D eigenvalue weighted by molar-refractivity contribution is -0.139. The number of carbonyl (C=O) groups excluding carboxylic acids is 2. The minimum Gasteiger partial charge on any atom is -0.496 e. The average molecular weight is 344 g/mol. The second-order valence-corrected chi connectivity index (χ2v) is 7.40. The van der Waals surface area contributed by atoms with Gasteiger partial charge < -0.3 is 19.3 Å². The minimum absolute atomic E-state index is 0.0921. The second-order valence-electron chi connectivity index (χ2n) is 7.40. The summed E-state index contributed by atoms with van der Waals surface area (Å²) in [5.74, 6) is 0.896. The highest BCUT2D eigenvalue weighted by Crippen LogP contribution is 2.49. The molecule has 0 bridgehead atoms. The van der Waals surface area contributed by atoms with Crippen LogP contribution < -0.4 is 4.74 Å². The molecular formula is C19H24N2O4. The number of methoxy groups -OCH3 is 1. The standard InChI is InChI=1S/C19H24N2O4/c1-12(2)14-11-25-19-8-9-20(16(19)10-17(22)21(14)19)18(23)13-6-4-5-7-15(13)24-3/h4-7,12,14,16H,8-11H2,1-3H3/t14-,16+,19-/m0/s1. The summed E-state index contributed by atoms with van der Waals surface area (Å²) < 4.78 is 11.5. The van der Waals surface area contributed by atoms with E-state index in [9.17, 15) is 9.59 Å². The van der Waals surface area contributed by atoms with Crippen LogP contribution in [0.1, 0.15) is 37.0 Å². The van der Waals surface area contributed by atoms with E-state index in [0.717, 1.165) is 0 Å². The second kappa shape index (κ2) is 5.73. The first-order valence-corrected chi connectivity index (χ1v) is 8.89. The molecule has 3 saturated heterocycles. The Morgan fingerprint density at radius 1 is 1.36 bits per heavy atom. The molecule has 3 atom stereocenters. The van der Waals surface area contributed by atoms with E-state index in [1.165, 1.54) is 0 Å². The minimum atomic E-state index is -0.635. The van der Waals surface area contributed by atoms with Crippen LogP contribution >= 0.6 is 0 Å². The van der Waals surface area contributed by atoms with Gasteiger partial charge in [-0.05, 0) is 18.1 Å². The van der Waals surface area contributed by atoms with Crippen molar-refractivity contribution in [3.8, 4) is 5.75 Å². The Hall–Kier alpha value is -2.08. The highest BCUT2D eigenvalue weighted by Gasteiger charge is 2.65. The molecule has 3 aliphatic rings. The van der Waals surface area contributed by atoms with Gasteiger partial charge in [0, 0.05) is 13.0 Å². The van der Waals surface area contributed by atoms with Gasteiger partial charge in [0.25, 0.3) is 5.91 Å². The monoisotopic (exact) mass is 344 g/mol. The van der Waals surface area contributed by atoms with E-state index in [2.05, 4.69) is 13.8 Å². The molecule has 1 aromatic carbocycles. The first-order valence-electron chi connectivity index (χ1n) is 8.89. The maximum absolute atomic E-state index is 13.1. The summed E-state index contributed by atoms with van der Waals surface area (Å²) in [6.45, 7) is 5.37. The van der Waals surface area contributed by atoms with Crippen LogP contribution in [0.3, 0.4) is 0 Å². The highest BCUT2D eigenvalue weighted by molar-refractivity contribution is 5.98. The van der Waals surface area contributed by atoms with E-state index in [-0.39, 0.29) is 23.9 Å². The van der Waals surface area contributed by atoms with Gasteiger partial charge in [0.1, 0.15) is 5.75 Å². The van der Waals surface area contributed by atoms with Gasteiger partial charge in [-0.3, -0.25) is 9.59 Å². The first kappa shape index (κ1) is 16.4. The summed E-state index contributed by atoms with van der Waals surface area (Å²) in [7, 11) is 1.56. The Balaban J connectivity index is 1.66. The van der Waals surface area contributed by atoms with Gasteiger partial charge in [-0.25, -0.2) is 0 Å². The van der Waals surface area contributed by atoms with Crippen molar-refractivity contribution < 1.29 is 19.1 Å². The normalized spacial score (nSPS) is 30.8. The lowest BCUT2D eigenvalue weighted by atomic mass is 10.0. The predicted molar refractivity (Wildman–Crippen MR) is 91.2 cm³/mol. The van der Waals surface area contributed by atoms with Gasteiger partial charge in [-0.15, -0.1) is 0 Å². The van der Waals surface area contributed by atoms with Crippen LogP contribution in [0.5, 0.6) is 5.75 Å². The topological polar surface area (TPSA) is 59.1 Å². The largest absolute Gasteiger partial charge is 0.496 e. The number of amides is 2.